The lowest BCUT2D eigenvalue weighted by Crippen LogP contribution is -2.50. The van der Waals surface area contributed by atoms with Crippen molar-refractivity contribution in [2.75, 3.05) is 66.1 Å². The third-order valence-electron chi connectivity index (χ3n) is 6.14. The van der Waals surface area contributed by atoms with Crippen LogP contribution in [0.3, 0.4) is 0 Å². The van der Waals surface area contributed by atoms with Gasteiger partial charge in [-0.1, -0.05) is 6.42 Å². The Morgan fingerprint density at radius 1 is 1.12 bits per heavy atom. The molecule has 0 atom stereocenters. The molecule has 1 saturated carbocycles. The molecule has 2 N–H and O–H groups in total. The fourth-order valence-corrected chi connectivity index (χ4v) is 4.06. The zero-order chi connectivity index (χ0) is 22.7. The van der Waals surface area contributed by atoms with Gasteiger partial charge in [0.25, 0.3) is 0 Å². The molecular formula is C23H46IN5O3. The maximum atomic E-state index is 12.2. The molecule has 0 bridgehead atoms. The van der Waals surface area contributed by atoms with Crippen molar-refractivity contribution in [3.8, 4) is 0 Å². The second-order valence-corrected chi connectivity index (χ2v) is 9.88. The molecule has 1 aliphatic heterocycles. The highest BCUT2D eigenvalue weighted by Crippen LogP contribution is 2.44. The minimum atomic E-state index is -0.437. The minimum absolute atomic E-state index is 0. The van der Waals surface area contributed by atoms with Gasteiger partial charge >= 0.3 is 6.09 Å². The van der Waals surface area contributed by atoms with E-state index in [9.17, 15) is 4.79 Å². The molecule has 9 heteroatoms. The number of aliphatic imine (C=N–C) groups is 1. The topological polar surface area (TPSA) is 78.4 Å². The van der Waals surface area contributed by atoms with Crippen LogP contribution in [0.2, 0.25) is 0 Å². The first-order valence-corrected chi connectivity index (χ1v) is 12.0. The van der Waals surface area contributed by atoms with Crippen LogP contribution in [0.25, 0.3) is 0 Å². The summed E-state index contributed by atoms with van der Waals surface area (Å²) in [5.41, 5.74) is -0.0973. The summed E-state index contributed by atoms with van der Waals surface area (Å²) in [4.78, 5) is 21.3. The van der Waals surface area contributed by atoms with Crippen LogP contribution in [0, 0.1) is 5.41 Å². The maximum absolute atomic E-state index is 12.2. The number of nitrogens with zero attached hydrogens (tertiary/aromatic N) is 3. The van der Waals surface area contributed by atoms with Crippen LogP contribution >= 0.6 is 24.0 Å². The van der Waals surface area contributed by atoms with Crippen LogP contribution < -0.4 is 10.6 Å². The fourth-order valence-electron chi connectivity index (χ4n) is 4.06. The van der Waals surface area contributed by atoms with Crippen LogP contribution in [-0.2, 0) is 9.47 Å². The smallest absolute Gasteiger partial charge is 0.410 e. The summed E-state index contributed by atoms with van der Waals surface area (Å²) in [6, 6.07) is 0. The van der Waals surface area contributed by atoms with E-state index in [0.29, 0.717) is 5.41 Å². The summed E-state index contributed by atoms with van der Waals surface area (Å²) in [5.74, 6) is 0.918. The van der Waals surface area contributed by atoms with Gasteiger partial charge in [0, 0.05) is 59.5 Å². The number of nitrogens with one attached hydrogen (secondary N) is 2. The molecule has 1 saturated heterocycles. The Kier molecular flexibility index (Phi) is 13.2. The highest BCUT2D eigenvalue weighted by molar-refractivity contribution is 14.0. The maximum Gasteiger partial charge on any atom is 0.410 e. The third-order valence-corrected chi connectivity index (χ3v) is 6.14. The number of hydrogen-bond acceptors (Lipinski definition) is 5. The Bertz CT molecular complexity index is 570. The van der Waals surface area contributed by atoms with Gasteiger partial charge in [-0.15, -0.1) is 24.0 Å². The molecule has 1 amide bonds. The average Bonchev–Trinajstić information content (AvgIpc) is 2.69. The van der Waals surface area contributed by atoms with E-state index in [-0.39, 0.29) is 30.1 Å². The van der Waals surface area contributed by atoms with Crippen molar-refractivity contribution in [2.24, 2.45) is 10.4 Å². The van der Waals surface area contributed by atoms with Crippen LogP contribution in [0.1, 0.15) is 59.8 Å². The predicted octanol–water partition coefficient (Wildman–Crippen LogP) is 3.31. The number of amides is 1. The number of rotatable bonds is 10. The van der Waals surface area contributed by atoms with Crippen molar-refractivity contribution < 1.29 is 14.3 Å². The van der Waals surface area contributed by atoms with E-state index in [1.807, 2.05) is 25.7 Å². The molecule has 0 aromatic rings. The molecule has 0 aromatic heterocycles. The minimum Gasteiger partial charge on any atom is -0.444 e. The van der Waals surface area contributed by atoms with Gasteiger partial charge in [0.1, 0.15) is 5.60 Å². The molecule has 0 spiro atoms. The second-order valence-electron chi connectivity index (χ2n) is 9.88. The quantitative estimate of drug-likeness (QED) is 0.183. The monoisotopic (exact) mass is 567 g/mol. The van der Waals surface area contributed by atoms with Crippen LogP contribution in [0.15, 0.2) is 4.99 Å². The van der Waals surface area contributed by atoms with Crippen molar-refractivity contribution in [3.05, 3.63) is 0 Å². The predicted molar refractivity (Wildman–Crippen MR) is 141 cm³/mol. The van der Waals surface area contributed by atoms with Crippen molar-refractivity contribution in [3.63, 3.8) is 0 Å². The van der Waals surface area contributed by atoms with E-state index in [4.69, 9.17) is 14.5 Å². The summed E-state index contributed by atoms with van der Waals surface area (Å²) in [6.45, 7) is 15.6. The Balaban J connectivity index is 0.00000512. The number of methoxy groups -OCH3 is 1. The average molecular weight is 568 g/mol. The summed E-state index contributed by atoms with van der Waals surface area (Å²) in [7, 11) is 1.78. The van der Waals surface area contributed by atoms with Gasteiger partial charge in [-0.2, -0.15) is 0 Å². The molecule has 2 rings (SSSR count). The van der Waals surface area contributed by atoms with Crippen LogP contribution in [0.5, 0.6) is 0 Å². The number of halogens is 1. The Hall–Kier alpha value is -0.810. The van der Waals surface area contributed by atoms with E-state index in [1.165, 1.54) is 19.3 Å². The number of guanidine groups is 1. The lowest BCUT2D eigenvalue weighted by atomic mass is 9.67. The van der Waals surface area contributed by atoms with Crippen molar-refractivity contribution in [1.82, 2.24) is 20.4 Å². The number of piperazine rings is 1. The van der Waals surface area contributed by atoms with Crippen LogP contribution in [0.4, 0.5) is 4.79 Å². The number of carbonyl (C=O) groups excluding carboxylic acids is 1. The van der Waals surface area contributed by atoms with Crippen LogP contribution in [-0.4, -0.2) is 93.5 Å². The summed E-state index contributed by atoms with van der Waals surface area (Å²) in [6.07, 6.45) is 5.77. The highest BCUT2D eigenvalue weighted by Gasteiger charge is 2.36. The van der Waals surface area contributed by atoms with Gasteiger partial charge in [0.2, 0.25) is 0 Å². The molecule has 2 fully saturated rings. The van der Waals surface area contributed by atoms with Crippen molar-refractivity contribution in [2.45, 2.75) is 65.4 Å². The Morgan fingerprint density at radius 2 is 1.81 bits per heavy atom. The molecule has 0 aromatic carbocycles. The largest absolute Gasteiger partial charge is 0.444 e. The van der Waals surface area contributed by atoms with Crippen molar-refractivity contribution in [1.29, 1.82) is 0 Å². The lowest BCUT2D eigenvalue weighted by molar-refractivity contribution is 0.0145. The Labute approximate surface area is 212 Å². The molecule has 0 unspecified atom stereocenters. The SMILES string of the molecule is CCNC(=NCC1(CCOC)CCC1)NCCCN1CCN(C(=O)OC(C)(C)C)CC1.I. The third kappa shape index (κ3) is 10.4. The van der Waals surface area contributed by atoms with Gasteiger partial charge in [0.15, 0.2) is 5.96 Å². The second kappa shape index (κ2) is 14.5. The lowest BCUT2D eigenvalue weighted by Gasteiger charge is -2.40. The number of ether oxygens (including phenoxy) is 2. The molecule has 32 heavy (non-hydrogen) atoms. The standard InChI is InChI=1S/C23H45N5O3.HI/c1-6-24-20(26-19-23(9-7-10-23)11-18-30-5)25-12-8-13-27-14-16-28(17-15-27)21(29)31-22(2,3)4;/h6-19H2,1-5H3,(H2,24,25,26);1H. The first-order valence-electron chi connectivity index (χ1n) is 12.0. The zero-order valence-electron chi connectivity index (χ0n) is 20.9. The molecule has 1 aliphatic carbocycles. The summed E-state index contributed by atoms with van der Waals surface area (Å²) < 4.78 is 10.8. The van der Waals surface area contributed by atoms with Gasteiger partial charge < -0.3 is 25.0 Å². The molecule has 8 nitrogen and oxygen atoms in total. The van der Waals surface area contributed by atoms with E-state index < -0.39 is 5.60 Å². The Morgan fingerprint density at radius 3 is 2.34 bits per heavy atom. The number of carbonyl (C=O) groups is 1. The zero-order valence-corrected chi connectivity index (χ0v) is 23.2. The van der Waals surface area contributed by atoms with E-state index in [1.54, 1.807) is 7.11 Å². The van der Waals surface area contributed by atoms with Gasteiger partial charge in [-0.3, -0.25) is 9.89 Å². The van der Waals surface area contributed by atoms with E-state index in [2.05, 4.69) is 22.5 Å². The highest BCUT2D eigenvalue weighted by atomic mass is 127. The van der Waals surface area contributed by atoms with Crippen molar-refractivity contribution >= 4 is 36.0 Å². The first kappa shape index (κ1) is 29.2. The fraction of sp³-hybridized carbons (Fsp3) is 0.913. The summed E-state index contributed by atoms with van der Waals surface area (Å²) in [5, 5.41) is 6.86. The molecular weight excluding hydrogens is 521 g/mol. The molecule has 188 valence electrons. The first-order chi connectivity index (χ1) is 14.8. The molecule has 1 heterocycles. The van der Waals surface area contributed by atoms with Gasteiger partial charge in [-0.05, 0) is 65.3 Å². The molecule has 0 radical (unpaired) electrons. The molecule has 2 aliphatic rings. The summed E-state index contributed by atoms with van der Waals surface area (Å²) >= 11 is 0. The van der Waals surface area contributed by atoms with Gasteiger partial charge in [0.05, 0.1) is 0 Å². The normalized spacial score (nSPS) is 19.0. The van der Waals surface area contributed by atoms with E-state index in [0.717, 1.165) is 77.8 Å². The van der Waals surface area contributed by atoms with Gasteiger partial charge in [-0.25, -0.2) is 4.79 Å². The van der Waals surface area contributed by atoms with E-state index >= 15 is 0 Å². The number of hydrogen-bond donors (Lipinski definition) is 2.